The molecule has 2 aromatic heterocycles. The third-order valence-corrected chi connectivity index (χ3v) is 6.67. The molecule has 1 aliphatic heterocycles. The largest absolute Gasteiger partial charge is 4.00 e. The van der Waals surface area contributed by atoms with Crippen molar-refractivity contribution in [2.75, 3.05) is 14.2 Å². The Hall–Kier alpha value is -5.23. The topological polar surface area (TPSA) is 51.5 Å². The molecule has 0 radical (unpaired) electrons. The molecule has 49 heavy (non-hydrogen) atoms. The summed E-state index contributed by atoms with van der Waals surface area (Å²) in [4.78, 5) is 4.53. The van der Waals surface area contributed by atoms with E-state index in [0.29, 0.717) is 28.7 Å². The molecule has 3 heterocycles. The van der Waals surface area contributed by atoms with Crippen molar-refractivity contribution in [3.8, 4) is 57.2 Å². The Kier molecular flexibility index (Phi) is 13.3. The van der Waals surface area contributed by atoms with E-state index in [1.807, 2.05) is 114 Å². The van der Waals surface area contributed by atoms with Crippen molar-refractivity contribution in [2.24, 2.45) is 0 Å². The van der Waals surface area contributed by atoms with Crippen LogP contribution in [0.3, 0.4) is 0 Å². The molecule has 242 valence electrons. The summed E-state index contributed by atoms with van der Waals surface area (Å²) >= 11 is 0. The molecule has 9 heteroatoms. The van der Waals surface area contributed by atoms with Crippen LogP contribution >= 0.6 is 0 Å². The van der Waals surface area contributed by atoms with Gasteiger partial charge in [0.2, 0.25) is 6.20 Å². The van der Waals surface area contributed by atoms with Crippen LogP contribution < -0.4 is 14.2 Å². The van der Waals surface area contributed by atoms with Crippen molar-refractivity contribution in [1.29, 1.82) is 0 Å². The fraction of sp³-hybridized carbons (Fsp3) is 0.0500. The zero-order chi connectivity index (χ0) is 32.4. The predicted octanol–water partition coefficient (Wildman–Crippen LogP) is 7.83. The van der Waals surface area contributed by atoms with E-state index < -0.39 is 0 Å². The quantitative estimate of drug-likeness (QED) is 0.0888. The number of hydrogen-bond donors (Lipinski definition) is 0. The zero-order valence-electron chi connectivity index (χ0n) is 26.2. The van der Waals surface area contributed by atoms with Crippen LogP contribution in [0.25, 0.3) is 22.4 Å². The molecule has 0 atom stereocenters. The van der Waals surface area contributed by atoms with Crippen LogP contribution in [0.4, 0.5) is 5.69 Å². The molecule has 7 rings (SSSR count). The van der Waals surface area contributed by atoms with Crippen LogP contribution in [0.5, 0.6) is 28.7 Å². The first-order valence-electron chi connectivity index (χ1n) is 14.5. The van der Waals surface area contributed by atoms with Gasteiger partial charge in [-0.15, -0.1) is 42.0 Å². The Morgan fingerprint density at radius 3 is 2.14 bits per heavy atom. The van der Waals surface area contributed by atoms with E-state index in [1.54, 1.807) is 36.3 Å². The summed E-state index contributed by atoms with van der Waals surface area (Å²) in [6.07, 6.45) is 15.5. The molecular weight excluding hydrogens is 975 g/mol. The van der Waals surface area contributed by atoms with Gasteiger partial charge in [-0.25, -0.2) is 24.2 Å². The van der Waals surface area contributed by atoms with Gasteiger partial charge in [-0.3, -0.25) is 11.1 Å². The fourth-order valence-corrected chi connectivity index (χ4v) is 4.44. The van der Waals surface area contributed by atoms with Crippen molar-refractivity contribution in [3.63, 3.8) is 0 Å². The first-order chi connectivity index (χ1) is 23.1. The maximum Gasteiger partial charge on any atom is 4.00 e. The number of nitrogens with zero attached hydrogens (tertiary/aromatic N) is 4. The predicted molar refractivity (Wildman–Crippen MR) is 176 cm³/mol. The zero-order valence-corrected chi connectivity index (χ0v) is 30.7. The Bertz CT molecular complexity index is 2150. The minimum atomic E-state index is 0. The molecule has 0 spiro atoms. The number of aromatic nitrogens is 2. The molecule has 0 saturated carbocycles. The minimum absolute atomic E-state index is 0. The van der Waals surface area contributed by atoms with E-state index in [2.05, 4.69) is 47.4 Å². The number of hydrogen-bond acceptors (Lipinski definition) is 4. The summed E-state index contributed by atoms with van der Waals surface area (Å²) in [7, 11) is 3.52. The molecule has 6 aromatic rings. The van der Waals surface area contributed by atoms with Gasteiger partial charge in [0, 0.05) is 41.1 Å². The summed E-state index contributed by atoms with van der Waals surface area (Å²) in [5, 5.41) is 0. The van der Waals surface area contributed by atoms with Crippen LogP contribution in [0.15, 0.2) is 122 Å². The average molecular weight is 1000 g/mol. The number of pyridine rings is 1. The Balaban J connectivity index is 0.000000537. The molecule has 0 N–H and O–H groups in total. The van der Waals surface area contributed by atoms with E-state index in [0.717, 1.165) is 28.1 Å². The Labute approximate surface area is 315 Å². The smallest absolute Gasteiger partial charge is 0.669 e. The molecule has 7 nitrogen and oxygen atoms in total. The molecule has 4 aromatic carbocycles. The monoisotopic (exact) mass is 1000 g/mol. The summed E-state index contributed by atoms with van der Waals surface area (Å²) in [5.74, 6) is 2.87. The van der Waals surface area contributed by atoms with E-state index in [9.17, 15) is 0 Å². The summed E-state index contributed by atoms with van der Waals surface area (Å²) in [6.45, 7) is 0. The van der Waals surface area contributed by atoms with Gasteiger partial charge in [-0.1, -0.05) is 45.3 Å². The molecule has 0 aliphatic carbocycles. The van der Waals surface area contributed by atoms with Crippen molar-refractivity contribution < 1.29 is 65.5 Å². The van der Waals surface area contributed by atoms with Crippen molar-refractivity contribution in [3.05, 3.63) is 159 Å². The second-order valence-corrected chi connectivity index (χ2v) is 9.98. The molecular formula is C40H26N4O3Pt2+2. The number of rotatable bonds is 8. The number of ether oxygens (including phenoxy) is 3. The third-order valence-electron chi connectivity index (χ3n) is 6.67. The van der Waals surface area contributed by atoms with Gasteiger partial charge in [0.05, 0.1) is 7.11 Å². The summed E-state index contributed by atoms with van der Waals surface area (Å²) in [5.41, 5.74) is 3.89. The Morgan fingerprint density at radius 2 is 1.49 bits per heavy atom. The van der Waals surface area contributed by atoms with E-state index in [1.165, 1.54) is 0 Å². The van der Waals surface area contributed by atoms with Gasteiger partial charge in [0.25, 0.3) is 6.20 Å². The van der Waals surface area contributed by atoms with Crippen LogP contribution in [-0.4, -0.2) is 38.9 Å². The fourth-order valence-electron chi connectivity index (χ4n) is 4.44. The van der Waals surface area contributed by atoms with Crippen molar-refractivity contribution in [2.45, 2.75) is 0 Å². The molecule has 0 amide bonds. The van der Waals surface area contributed by atoms with Crippen LogP contribution in [0.1, 0.15) is 0 Å². The standard InChI is InChI=1S/C34H22N3O3.C6H4N.2Pt/c1-36-16-17-37(24-36)28-21-32(38-2)23-33(22-28)40-31-13-7-9-27(19-31)34-20-26(14-15-35-34)25-8-6-12-30(18-25)39-29-10-4-3-5-11-29;1-2-7-5-3-4-6-7;;/h3-10,12-13,15-17,20-21,23H,1-2H3;3-6H;;/q-3;-1;+2;+4. The average Bonchev–Trinajstić information content (AvgIpc) is 3.81. The second-order valence-electron chi connectivity index (χ2n) is 9.98. The molecule has 0 saturated heterocycles. The second kappa shape index (κ2) is 17.8. The SMILES string of the molecule is COc1cc(Oc2[c-]c(-c3cc(-c4[c-]c(Oc5[c-]cccc5)ccc4)[c-]cn3)ccc2)[c-]c([N+]2=C=[N+](C)C=C2)c1.[C-]#Cn1cccc1.[Pt+2].[Pt+4]. The van der Waals surface area contributed by atoms with Gasteiger partial charge < -0.3 is 30.2 Å². The van der Waals surface area contributed by atoms with Crippen LogP contribution in [0, 0.1) is 42.8 Å². The number of methoxy groups -OCH3 is 1. The number of benzene rings is 4. The van der Waals surface area contributed by atoms with E-state index in [4.69, 9.17) is 20.6 Å². The molecule has 0 unspecified atom stereocenters. The third kappa shape index (κ3) is 9.89. The van der Waals surface area contributed by atoms with Crippen molar-refractivity contribution >= 4 is 11.7 Å². The molecule has 1 aliphatic rings. The maximum absolute atomic E-state index is 6.57. The number of para-hydroxylation sites is 1. The molecule has 0 fully saturated rings. The van der Waals surface area contributed by atoms with Gasteiger partial charge in [-0.2, -0.15) is 30.3 Å². The van der Waals surface area contributed by atoms with Gasteiger partial charge >= 0.3 is 48.1 Å². The van der Waals surface area contributed by atoms with E-state index >= 15 is 0 Å². The van der Waals surface area contributed by atoms with Crippen LogP contribution in [-0.2, 0) is 42.1 Å². The molecule has 0 bridgehead atoms. The van der Waals surface area contributed by atoms with Gasteiger partial charge in [0.1, 0.15) is 5.69 Å². The van der Waals surface area contributed by atoms with E-state index in [-0.39, 0.29) is 42.1 Å². The minimum Gasteiger partial charge on any atom is -0.669 e. The summed E-state index contributed by atoms with van der Waals surface area (Å²) < 4.78 is 22.7. The first-order valence-corrected chi connectivity index (χ1v) is 14.5. The van der Waals surface area contributed by atoms with Crippen molar-refractivity contribution in [1.82, 2.24) is 9.55 Å². The first kappa shape index (κ1) is 36.6. The summed E-state index contributed by atoms with van der Waals surface area (Å²) in [6, 6.07) is 49.6. The maximum atomic E-state index is 6.57. The van der Waals surface area contributed by atoms with Crippen LogP contribution in [0.2, 0.25) is 0 Å². The normalized spacial score (nSPS) is 11.0. The Morgan fingerprint density at radius 1 is 0.776 bits per heavy atom. The van der Waals surface area contributed by atoms with Gasteiger partial charge in [0.15, 0.2) is 7.05 Å². The van der Waals surface area contributed by atoms with Gasteiger partial charge in [-0.05, 0) is 12.1 Å².